The summed E-state index contributed by atoms with van der Waals surface area (Å²) in [6.07, 6.45) is 6.33. The van der Waals surface area contributed by atoms with E-state index in [1.54, 1.807) is 7.05 Å². The molecule has 1 heterocycles. The number of nitrogens with zero attached hydrogens (tertiary/aromatic N) is 1. The number of aliphatic hydroxyl groups is 1. The lowest BCUT2D eigenvalue weighted by atomic mass is 9.73. The highest BCUT2D eigenvalue weighted by atomic mass is 127. The van der Waals surface area contributed by atoms with Gasteiger partial charge in [0.1, 0.15) is 0 Å². The van der Waals surface area contributed by atoms with E-state index in [2.05, 4.69) is 29.5 Å². The molecule has 3 N–H and O–H groups in total. The van der Waals surface area contributed by atoms with Gasteiger partial charge in [-0.25, -0.2) is 0 Å². The first-order chi connectivity index (χ1) is 9.97. The lowest BCUT2D eigenvalue weighted by molar-refractivity contribution is 0.00366. The number of aliphatic imine (C=N–C) groups is 1. The van der Waals surface area contributed by atoms with Crippen molar-refractivity contribution < 1.29 is 9.84 Å². The maximum absolute atomic E-state index is 10.2. The fraction of sp³-hybridized carbons (Fsp3) is 0.938. The van der Waals surface area contributed by atoms with Crippen LogP contribution in [0.2, 0.25) is 0 Å². The van der Waals surface area contributed by atoms with Crippen LogP contribution in [-0.4, -0.2) is 49.5 Å². The molecule has 0 aromatic carbocycles. The largest absolute Gasteiger partial charge is 0.392 e. The van der Waals surface area contributed by atoms with Crippen molar-refractivity contribution in [3.63, 3.8) is 0 Å². The molecule has 0 aromatic heterocycles. The first kappa shape index (κ1) is 20.0. The Morgan fingerprint density at radius 3 is 2.50 bits per heavy atom. The summed E-state index contributed by atoms with van der Waals surface area (Å²) in [5, 5.41) is 17.0. The summed E-state index contributed by atoms with van der Waals surface area (Å²) in [7, 11) is 1.78. The van der Waals surface area contributed by atoms with Crippen molar-refractivity contribution in [1.29, 1.82) is 0 Å². The Morgan fingerprint density at radius 2 is 1.91 bits per heavy atom. The van der Waals surface area contributed by atoms with E-state index < -0.39 is 0 Å². The van der Waals surface area contributed by atoms with E-state index in [9.17, 15) is 5.11 Å². The zero-order valence-corrected chi connectivity index (χ0v) is 16.5. The maximum atomic E-state index is 10.2. The third kappa shape index (κ3) is 5.23. The molecule has 2 fully saturated rings. The predicted molar refractivity (Wildman–Crippen MR) is 101 cm³/mol. The molecule has 1 aliphatic heterocycles. The van der Waals surface area contributed by atoms with Gasteiger partial charge in [-0.05, 0) is 32.6 Å². The fourth-order valence-corrected chi connectivity index (χ4v) is 3.34. The van der Waals surface area contributed by atoms with E-state index in [-0.39, 0.29) is 41.1 Å². The first-order valence-corrected chi connectivity index (χ1v) is 8.24. The molecule has 1 aliphatic carbocycles. The molecule has 6 heteroatoms. The van der Waals surface area contributed by atoms with Crippen LogP contribution in [0.25, 0.3) is 0 Å². The van der Waals surface area contributed by atoms with Gasteiger partial charge in [0, 0.05) is 32.2 Å². The lowest BCUT2D eigenvalue weighted by Crippen LogP contribution is -2.50. The Hall–Kier alpha value is -0.0800. The zero-order chi connectivity index (χ0) is 15.3. The van der Waals surface area contributed by atoms with Gasteiger partial charge in [0.05, 0.1) is 11.7 Å². The van der Waals surface area contributed by atoms with Crippen molar-refractivity contribution in [1.82, 2.24) is 10.6 Å². The molecular formula is C16H32IN3O2. The van der Waals surface area contributed by atoms with E-state index >= 15 is 0 Å². The number of rotatable bonds is 4. The van der Waals surface area contributed by atoms with E-state index in [0.717, 1.165) is 57.8 Å². The Kier molecular flexibility index (Phi) is 7.88. The Labute approximate surface area is 151 Å². The Morgan fingerprint density at radius 1 is 1.18 bits per heavy atom. The molecule has 1 saturated heterocycles. The molecule has 22 heavy (non-hydrogen) atoms. The monoisotopic (exact) mass is 425 g/mol. The number of aliphatic hydroxyl groups excluding tert-OH is 1. The highest BCUT2D eigenvalue weighted by Gasteiger charge is 2.35. The standard InChI is InChI=1S/C16H31N3O2.HI/c1-15(8-5-4-7-13(15)20)11-18-14(17-3)19-12-16(2)9-6-10-21-16;/h13,20H,4-12H2,1-3H3,(H2,17,18,19);1H. The van der Waals surface area contributed by atoms with Crippen molar-refractivity contribution in [2.45, 2.75) is 64.1 Å². The molecule has 5 nitrogen and oxygen atoms in total. The molecule has 2 aliphatic rings. The van der Waals surface area contributed by atoms with Gasteiger partial charge in [0.2, 0.25) is 0 Å². The first-order valence-electron chi connectivity index (χ1n) is 8.24. The molecule has 3 unspecified atom stereocenters. The molecular weight excluding hydrogens is 393 g/mol. The minimum Gasteiger partial charge on any atom is -0.392 e. The quantitative estimate of drug-likeness (QED) is 0.368. The van der Waals surface area contributed by atoms with Crippen LogP contribution in [0.4, 0.5) is 0 Å². The van der Waals surface area contributed by atoms with Crippen LogP contribution < -0.4 is 10.6 Å². The summed E-state index contributed by atoms with van der Waals surface area (Å²) in [4.78, 5) is 4.28. The molecule has 0 aromatic rings. The number of halogens is 1. The molecule has 0 bridgehead atoms. The van der Waals surface area contributed by atoms with Crippen LogP contribution in [-0.2, 0) is 4.74 Å². The van der Waals surface area contributed by atoms with E-state index in [1.807, 2.05) is 0 Å². The number of hydrogen-bond acceptors (Lipinski definition) is 3. The van der Waals surface area contributed by atoms with Crippen LogP contribution in [0, 0.1) is 5.41 Å². The Bertz CT molecular complexity index is 372. The predicted octanol–water partition coefficient (Wildman–Crippen LogP) is 2.28. The topological polar surface area (TPSA) is 65.9 Å². The maximum Gasteiger partial charge on any atom is 0.191 e. The van der Waals surface area contributed by atoms with Crippen molar-refractivity contribution in [2.24, 2.45) is 10.4 Å². The lowest BCUT2D eigenvalue weighted by Gasteiger charge is -2.39. The molecule has 3 atom stereocenters. The van der Waals surface area contributed by atoms with Crippen molar-refractivity contribution >= 4 is 29.9 Å². The molecule has 2 rings (SSSR count). The van der Waals surface area contributed by atoms with Gasteiger partial charge >= 0.3 is 0 Å². The third-order valence-corrected chi connectivity index (χ3v) is 5.09. The molecule has 0 spiro atoms. The van der Waals surface area contributed by atoms with Crippen LogP contribution >= 0.6 is 24.0 Å². The number of hydrogen-bond donors (Lipinski definition) is 3. The summed E-state index contributed by atoms with van der Waals surface area (Å²) >= 11 is 0. The molecule has 0 amide bonds. The summed E-state index contributed by atoms with van der Waals surface area (Å²) in [5.74, 6) is 0.797. The second-order valence-corrected chi connectivity index (χ2v) is 7.10. The number of nitrogens with one attached hydrogen (secondary N) is 2. The molecule has 0 radical (unpaired) electrons. The van der Waals surface area contributed by atoms with E-state index in [1.165, 1.54) is 6.42 Å². The second-order valence-electron chi connectivity index (χ2n) is 7.10. The minimum absolute atomic E-state index is 0. The zero-order valence-electron chi connectivity index (χ0n) is 14.2. The van der Waals surface area contributed by atoms with Gasteiger partial charge in [-0.3, -0.25) is 4.99 Å². The van der Waals surface area contributed by atoms with Crippen molar-refractivity contribution in [3.8, 4) is 0 Å². The van der Waals surface area contributed by atoms with Gasteiger partial charge in [0.15, 0.2) is 5.96 Å². The van der Waals surface area contributed by atoms with Gasteiger partial charge in [-0.1, -0.05) is 19.8 Å². The minimum atomic E-state index is -0.215. The van der Waals surface area contributed by atoms with Gasteiger partial charge < -0.3 is 20.5 Å². The summed E-state index contributed by atoms with van der Waals surface area (Å²) in [5.41, 5.74) is -0.129. The molecule has 130 valence electrons. The van der Waals surface area contributed by atoms with Gasteiger partial charge in [0.25, 0.3) is 0 Å². The second kappa shape index (κ2) is 8.68. The highest BCUT2D eigenvalue weighted by Crippen LogP contribution is 2.35. The third-order valence-electron chi connectivity index (χ3n) is 5.09. The fourth-order valence-electron chi connectivity index (χ4n) is 3.34. The summed E-state index contributed by atoms with van der Waals surface area (Å²) in [6.45, 7) is 6.69. The average Bonchev–Trinajstić information content (AvgIpc) is 2.90. The van der Waals surface area contributed by atoms with E-state index in [0.29, 0.717) is 0 Å². The summed E-state index contributed by atoms with van der Waals surface area (Å²) in [6, 6.07) is 0. The summed E-state index contributed by atoms with van der Waals surface area (Å²) < 4.78 is 5.78. The van der Waals surface area contributed by atoms with Crippen LogP contribution in [0.1, 0.15) is 52.4 Å². The van der Waals surface area contributed by atoms with Crippen LogP contribution in [0.15, 0.2) is 4.99 Å². The Balaban J connectivity index is 0.00000242. The van der Waals surface area contributed by atoms with Crippen molar-refractivity contribution in [3.05, 3.63) is 0 Å². The molecule has 1 saturated carbocycles. The average molecular weight is 425 g/mol. The normalized spacial score (nSPS) is 35.8. The SMILES string of the molecule is CN=C(NCC1(C)CCCO1)NCC1(C)CCCCC1O.I. The van der Waals surface area contributed by atoms with Crippen molar-refractivity contribution in [2.75, 3.05) is 26.7 Å². The van der Waals surface area contributed by atoms with Crippen LogP contribution in [0.3, 0.4) is 0 Å². The number of guanidine groups is 1. The number of ether oxygens (including phenoxy) is 1. The van der Waals surface area contributed by atoms with Gasteiger partial charge in [-0.2, -0.15) is 0 Å². The smallest absolute Gasteiger partial charge is 0.191 e. The van der Waals surface area contributed by atoms with E-state index in [4.69, 9.17) is 4.74 Å². The van der Waals surface area contributed by atoms with Crippen LogP contribution in [0.5, 0.6) is 0 Å². The van der Waals surface area contributed by atoms with Gasteiger partial charge in [-0.15, -0.1) is 24.0 Å². The highest BCUT2D eigenvalue weighted by molar-refractivity contribution is 14.0.